The number of aryl methyl sites for hydroxylation is 1. The van der Waals surface area contributed by atoms with E-state index >= 15 is 0 Å². The van der Waals surface area contributed by atoms with E-state index < -0.39 is 9.84 Å². The summed E-state index contributed by atoms with van der Waals surface area (Å²) >= 11 is 0. The number of anilines is 1. The molecule has 2 aromatic rings. The zero-order chi connectivity index (χ0) is 18.1. The largest absolute Gasteiger partial charge is 0.465 e. The average molecular weight is 376 g/mol. The smallest absolute Gasteiger partial charge is 0.225 e. The maximum atomic E-state index is 12.3. The van der Waals surface area contributed by atoms with Gasteiger partial charge in [-0.1, -0.05) is 6.92 Å². The molecule has 2 fully saturated rings. The fourth-order valence-electron chi connectivity index (χ4n) is 4.00. The molecular weight excluding hydrogens is 352 g/mol. The number of fused-ring (bicyclic) bond motifs is 1. The molecule has 0 aromatic carbocycles. The van der Waals surface area contributed by atoms with Gasteiger partial charge in [0.05, 0.1) is 24.1 Å². The van der Waals surface area contributed by atoms with Crippen molar-refractivity contribution in [2.24, 2.45) is 0 Å². The Hall–Kier alpha value is -1.93. The van der Waals surface area contributed by atoms with Crippen LogP contribution in [0.3, 0.4) is 0 Å². The first kappa shape index (κ1) is 17.5. The predicted molar refractivity (Wildman–Crippen MR) is 98.7 cm³/mol. The summed E-state index contributed by atoms with van der Waals surface area (Å²) in [5, 5.41) is 0. The van der Waals surface area contributed by atoms with E-state index in [-0.39, 0.29) is 23.6 Å². The van der Waals surface area contributed by atoms with Crippen molar-refractivity contribution in [1.82, 2.24) is 14.9 Å². The monoisotopic (exact) mass is 376 g/mol. The molecule has 2 aliphatic heterocycles. The lowest BCUT2D eigenvalue weighted by Crippen LogP contribution is -2.59. The van der Waals surface area contributed by atoms with E-state index in [0.717, 1.165) is 30.9 Å². The molecular formula is C18H24N4O3S. The molecule has 2 saturated heterocycles. The van der Waals surface area contributed by atoms with Crippen molar-refractivity contribution in [3.8, 4) is 0 Å². The summed E-state index contributed by atoms with van der Waals surface area (Å²) in [6.45, 7) is 4.24. The van der Waals surface area contributed by atoms with Gasteiger partial charge in [-0.25, -0.2) is 18.4 Å². The lowest BCUT2D eigenvalue weighted by Gasteiger charge is -2.43. The minimum atomic E-state index is -3.07. The first-order valence-corrected chi connectivity index (χ1v) is 10.9. The van der Waals surface area contributed by atoms with Crippen molar-refractivity contribution in [2.75, 3.05) is 29.5 Å². The quantitative estimate of drug-likeness (QED) is 0.782. The van der Waals surface area contributed by atoms with E-state index in [4.69, 9.17) is 4.42 Å². The Labute approximate surface area is 154 Å². The van der Waals surface area contributed by atoms with Crippen molar-refractivity contribution < 1.29 is 12.8 Å². The van der Waals surface area contributed by atoms with Crippen molar-refractivity contribution in [1.29, 1.82) is 0 Å². The van der Waals surface area contributed by atoms with Gasteiger partial charge >= 0.3 is 0 Å². The first-order valence-electron chi connectivity index (χ1n) is 9.11. The summed E-state index contributed by atoms with van der Waals surface area (Å²) < 4.78 is 30.6. The highest BCUT2D eigenvalue weighted by Gasteiger charge is 2.47. The molecule has 4 heterocycles. The van der Waals surface area contributed by atoms with E-state index in [1.807, 2.05) is 12.1 Å². The van der Waals surface area contributed by atoms with Crippen LogP contribution in [-0.2, 0) is 22.8 Å². The van der Waals surface area contributed by atoms with E-state index in [1.54, 1.807) is 18.5 Å². The number of rotatable bonds is 5. The molecule has 4 rings (SSSR count). The molecule has 2 aliphatic rings. The van der Waals surface area contributed by atoms with Crippen LogP contribution in [0.5, 0.6) is 0 Å². The molecule has 140 valence electrons. The van der Waals surface area contributed by atoms with Gasteiger partial charge in [0.15, 0.2) is 9.84 Å². The van der Waals surface area contributed by atoms with Crippen LogP contribution in [0.15, 0.2) is 35.0 Å². The number of sulfone groups is 1. The molecule has 0 unspecified atom stereocenters. The number of aromatic nitrogens is 2. The minimum Gasteiger partial charge on any atom is -0.465 e. The molecule has 0 spiro atoms. The topological polar surface area (TPSA) is 79.5 Å². The van der Waals surface area contributed by atoms with Gasteiger partial charge < -0.3 is 9.32 Å². The third kappa shape index (κ3) is 3.48. The third-order valence-corrected chi connectivity index (χ3v) is 6.87. The summed E-state index contributed by atoms with van der Waals surface area (Å²) in [4.78, 5) is 12.9. The van der Waals surface area contributed by atoms with Gasteiger partial charge in [0.25, 0.3) is 0 Å². The summed E-state index contributed by atoms with van der Waals surface area (Å²) in [5.74, 6) is 2.85. The molecule has 26 heavy (non-hydrogen) atoms. The van der Waals surface area contributed by atoms with Gasteiger partial charge in [0.2, 0.25) is 5.95 Å². The maximum Gasteiger partial charge on any atom is 0.225 e. The second kappa shape index (κ2) is 7.00. The Bertz CT molecular complexity index is 852. The Morgan fingerprint density at radius 1 is 1.12 bits per heavy atom. The van der Waals surface area contributed by atoms with Crippen LogP contribution < -0.4 is 4.90 Å². The summed E-state index contributed by atoms with van der Waals surface area (Å²) in [5.41, 5.74) is 0. The van der Waals surface area contributed by atoms with Crippen LogP contribution in [0.4, 0.5) is 5.95 Å². The van der Waals surface area contributed by atoms with Crippen molar-refractivity contribution in [3.63, 3.8) is 0 Å². The zero-order valence-corrected chi connectivity index (χ0v) is 15.7. The van der Waals surface area contributed by atoms with E-state index in [2.05, 4.69) is 26.7 Å². The van der Waals surface area contributed by atoms with Crippen LogP contribution in [0, 0.1) is 0 Å². The zero-order valence-electron chi connectivity index (χ0n) is 14.9. The molecule has 2 atom stereocenters. The average Bonchev–Trinajstić information content (AvgIpc) is 3.19. The minimum absolute atomic E-state index is 0.0581. The Morgan fingerprint density at radius 3 is 2.62 bits per heavy atom. The standard InChI is InChI=1S/C18H24N4O3S/c1-2-4-14-5-6-15(25-14)11-21-9-10-22(18-19-7-3-8-20-18)17-13-26(23,24)12-16(17)21/h3,5-8,16-17H,2,4,9-13H2,1H3/t16-,17+/m0/s1. The maximum absolute atomic E-state index is 12.3. The lowest BCUT2D eigenvalue weighted by molar-refractivity contribution is 0.147. The number of hydrogen-bond donors (Lipinski definition) is 0. The fraction of sp³-hybridized carbons (Fsp3) is 0.556. The van der Waals surface area contributed by atoms with Crippen LogP contribution in [0.25, 0.3) is 0 Å². The van der Waals surface area contributed by atoms with Crippen LogP contribution in [0.2, 0.25) is 0 Å². The molecule has 0 aliphatic carbocycles. The van der Waals surface area contributed by atoms with Crippen LogP contribution >= 0.6 is 0 Å². The highest BCUT2D eigenvalue weighted by Crippen LogP contribution is 2.30. The van der Waals surface area contributed by atoms with Gasteiger partial charge in [0.1, 0.15) is 11.5 Å². The number of hydrogen-bond acceptors (Lipinski definition) is 7. The van der Waals surface area contributed by atoms with Gasteiger partial charge in [-0.15, -0.1) is 0 Å². The van der Waals surface area contributed by atoms with Crippen molar-refractivity contribution in [3.05, 3.63) is 42.1 Å². The Balaban J connectivity index is 1.55. The van der Waals surface area contributed by atoms with Crippen LogP contribution in [0.1, 0.15) is 24.9 Å². The first-order chi connectivity index (χ1) is 12.6. The molecule has 0 saturated carbocycles. The molecule has 0 radical (unpaired) electrons. The SMILES string of the molecule is CCCc1ccc(CN2CCN(c3ncccn3)[C@@H]3CS(=O)(=O)C[C@@H]32)o1. The van der Waals surface area contributed by atoms with Crippen molar-refractivity contribution in [2.45, 2.75) is 38.4 Å². The van der Waals surface area contributed by atoms with Crippen LogP contribution in [-0.4, -0.2) is 60.0 Å². The molecule has 8 heteroatoms. The van der Waals surface area contributed by atoms with Gasteiger partial charge in [0, 0.05) is 37.9 Å². The molecule has 0 amide bonds. The highest BCUT2D eigenvalue weighted by molar-refractivity contribution is 7.91. The van der Waals surface area contributed by atoms with Gasteiger partial charge in [-0.05, 0) is 24.6 Å². The Morgan fingerprint density at radius 2 is 1.85 bits per heavy atom. The van der Waals surface area contributed by atoms with E-state index in [0.29, 0.717) is 19.0 Å². The summed E-state index contributed by atoms with van der Waals surface area (Å²) in [6.07, 6.45) is 5.38. The summed E-state index contributed by atoms with van der Waals surface area (Å²) in [7, 11) is -3.07. The second-order valence-electron chi connectivity index (χ2n) is 7.04. The number of piperazine rings is 1. The number of furan rings is 1. The molecule has 0 N–H and O–H groups in total. The second-order valence-corrected chi connectivity index (χ2v) is 9.20. The number of nitrogens with zero attached hydrogens (tertiary/aromatic N) is 4. The van der Waals surface area contributed by atoms with Gasteiger partial charge in [-0.3, -0.25) is 4.90 Å². The molecule has 7 nitrogen and oxygen atoms in total. The fourth-order valence-corrected chi connectivity index (χ4v) is 6.01. The normalized spacial score (nSPS) is 25.3. The lowest BCUT2D eigenvalue weighted by atomic mass is 10.0. The third-order valence-electron chi connectivity index (χ3n) is 5.17. The van der Waals surface area contributed by atoms with Gasteiger partial charge in [-0.2, -0.15) is 0 Å². The van der Waals surface area contributed by atoms with E-state index in [9.17, 15) is 8.42 Å². The van der Waals surface area contributed by atoms with Crippen molar-refractivity contribution >= 4 is 15.8 Å². The highest BCUT2D eigenvalue weighted by atomic mass is 32.2. The summed E-state index contributed by atoms with van der Waals surface area (Å²) in [6, 6.07) is 5.64. The predicted octanol–water partition coefficient (Wildman–Crippen LogP) is 1.51. The van der Waals surface area contributed by atoms with E-state index in [1.165, 1.54) is 0 Å². The Kier molecular flexibility index (Phi) is 4.71. The molecule has 2 aromatic heterocycles. The molecule has 0 bridgehead atoms.